The van der Waals surface area contributed by atoms with Crippen LogP contribution in [0, 0.1) is 0 Å². The Labute approximate surface area is 99.8 Å². The number of rotatable bonds is 4. The van der Waals surface area contributed by atoms with E-state index in [0.717, 1.165) is 0 Å². The molecule has 1 unspecified atom stereocenters. The minimum Gasteiger partial charge on any atom is -0.299 e. The molecule has 0 aromatic carbocycles. The van der Waals surface area contributed by atoms with Gasteiger partial charge >= 0.3 is 0 Å². The highest BCUT2D eigenvalue weighted by Gasteiger charge is 2.20. The molecular formula is C15H23N. The average Bonchev–Trinajstić information content (AvgIpc) is 2.31. The predicted molar refractivity (Wildman–Crippen MR) is 72.5 cm³/mol. The van der Waals surface area contributed by atoms with Gasteiger partial charge in [0, 0.05) is 6.04 Å². The maximum Gasteiger partial charge on any atom is 0.0345 e. The summed E-state index contributed by atoms with van der Waals surface area (Å²) in [7, 11) is 2.22. The summed E-state index contributed by atoms with van der Waals surface area (Å²) < 4.78 is 0. The van der Waals surface area contributed by atoms with Crippen LogP contribution >= 0.6 is 0 Å². The molecule has 0 N–H and O–H groups in total. The van der Waals surface area contributed by atoms with Crippen LogP contribution in [-0.2, 0) is 0 Å². The number of hydrogen-bond acceptors (Lipinski definition) is 1. The Morgan fingerprint density at radius 3 is 2.75 bits per heavy atom. The van der Waals surface area contributed by atoms with E-state index >= 15 is 0 Å². The third-order valence-corrected chi connectivity index (χ3v) is 3.06. The van der Waals surface area contributed by atoms with Crippen LogP contribution in [0.4, 0.5) is 0 Å². The van der Waals surface area contributed by atoms with E-state index in [-0.39, 0.29) is 0 Å². The summed E-state index contributed by atoms with van der Waals surface area (Å²) in [6.07, 6.45) is 16.4. The van der Waals surface area contributed by atoms with Crippen LogP contribution in [0.15, 0.2) is 48.6 Å². The Hall–Kier alpha value is -1.08. The fraction of sp³-hybridized carbons (Fsp3) is 0.467. The van der Waals surface area contributed by atoms with Crippen LogP contribution in [0.1, 0.15) is 26.2 Å². The predicted octanol–water partition coefficient (Wildman–Crippen LogP) is 3.72. The SMILES string of the molecule is C=C/C=C/C(=C\C=C/C)C1CCCCN1C. The van der Waals surface area contributed by atoms with Crippen molar-refractivity contribution < 1.29 is 0 Å². The zero-order valence-electron chi connectivity index (χ0n) is 10.5. The summed E-state index contributed by atoms with van der Waals surface area (Å²) in [5, 5.41) is 0. The minimum absolute atomic E-state index is 0.571. The largest absolute Gasteiger partial charge is 0.299 e. The Morgan fingerprint density at radius 1 is 1.31 bits per heavy atom. The Morgan fingerprint density at radius 2 is 2.12 bits per heavy atom. The fourth-order valence-corrected chi connectivity index (χ4v) is 2.16. The van der Waals surface area contributed by atoms with Crippen molar-refractivity contribution in [2.75, 3.05) is 13.6 Å². The van der Waals surface area contributed by atoms with E-state index < -0.39 is 0 Å². The summed E-state index contributed by atoms with van der Waals surface area (Å²) in [5.41, 5.74) is 1.39. The molecule has 1 rings (SSSR count). The van der Waals surface area contributed by atoms with E-state index in [1.54, 1.807) is 0 Å². The molecule has 1 atom stereocenters. The van der Waals surface area contributed by atoms with Crippen LogP contribution in [0.25, 0.3) is 0 Å². The van der Waals surface area contributed by atoms with E-state index in [4.69, 9.17) is 0 Å². The van der Waals surface area contributed by atoms with Gasteiger partial charge in [-0.2, -0.15) is 0 Å². The molecule has 0 bridgehead atoms. The van der Waals surface area contributed by atoms with Crippen molar-refractivity contribution in [2.45, 2.75) is 32.2 Å². The van der Waals surface area contributed by atoms with Crippen molar-refractivity contribution >= 4 is 0 Å². The molecule has 0 aromatic rings. The molecule has 1 heteroatoms. The van der Waals surface area contributed by atoms with Gasteiger partial charge in [-0.15, -0.1) is 0 Å². The van der Waals surface area contributed by atoms with Gasteiger partial charge in [-0.1, -0.05) is 49.5 Å². The van der Waals surface area contributed by atoms with Crippen molar-refractivity contribution in [1.82, 2.24) is 4.90 Å². The van der Waals surface area contributed by atoms with Gasteiger partial charge in [0.25, 0.3) is 0 Å². The van der Waals surface area contributed by atoms with Gasteiger partial charge in [-0.3, -0.25) is 4.90 Å². The molecule has 1 aliphatic rings. The standard InChI is InChI=1S/C15H23N/c1-4-6-10-14(11-7-5-2)15-12-8-9-13-16(15)3/h4-7,10-11,15H,1,8-9,12-13H2,2-3H3/b7-5-,10-6+,14-11+. The molecule has 16 heavy (non-hydrogen) atoms. The Balaban J connectivity index is 2.81. The molecule has 0 amide bonds. The molecule has 0 spiro atoms. The second-order valence-electron chi connectivity index (χ2n) is 4.28. The quantitative estimate of drug-likeness (QED) is 0.649. The highest BCUT2D eigenvalue weighted by atomic mass is 15.1. The molecule has 0 radical (unpaired) electrons. The van der Waals surface area contributed by atoms with Crippen LogP contribution in [0.3, 0.4) is 0 Å². The van der Waals surface area contributed by atoms with E-state index in [1.807, 2.05) is 12.2 Å². The number of likely N-dealkylation sites (tertiary alicyclic amines) is 1. The van der Waals surface area contributed by atoms with E-state index in [1.165, 1.54) is 31.4 Å². The molecular weight excluding hydrogens is 194 g/mol. The Kier molecular flexibility index (Phi) is 5.87. The first-order valence-corrected chi connectivity index (χ1v) is 6.11. The highest BCUT2D eigenvalue weighted by Crippen LogP contribution is 2.22. The number of likely N-dealkylation sites (N-methyl/N-ethyl adjacent to an activating group) is 1. The lowest BCUT2D eigenvalue weighted by molar-refractivity contribution is 0.215. The van der Waals surface area contributed by atoms with Gasteiger partial charge in [-0.25, -0.2) is 0 Å². The van der Waals surface area contributed by atoms with Crippen molar-refractivity contribution in [2.24, 2.45) is 0 Å². The molecule has 0 saturated carbocycles. The normalized spacial score (nSPS) is 24.4. The first kappa shape index (κ1) is 13.0. The van der Waals surface area contributed by atoms with Gasteiger partial charge in [0.2, 0.25) is 0 Å². The number of piperidine rings is 1. The van der Waals surface area contributed by atoms with Gasteiger partial charge in [0.05, 0.1) is 0 Å². The molecule has 1 fully saturated rings. The number of hydrogen-bond donors (Lipinski definition) is 0. The Bertz CT molecular complexity index is 297. The molecule has 88 valence electrons. The van der Waals surface area contributed by atoms with Crippen molar-refractivity contribution in [3.8, 4) is 0 Å². The monoisotopic (exact) mass is 217 g/mol. The zero-order valence-corrected chi connectivity index (χ0v) is 10.5. The van der Waals surface area contributed by atoms with Gasteiger partial charge in [-0.05, 0) is 38.9 Å². The third kappa shape index (κ3) is 3.82. The highest BCUT2D eigenvalue weighted by molar-refractivity contribution is 5.30. The van der Waals surface area contributed by atoms with Gasteiger partial charge < -0.3 is 0 Å². The maximum absolute atomic E-state index is 3.73. The second-order valence-corrected chi connectivity index (χ2v) is 4.28. The van der Waals surface area contributed by atoms with E-state index in [0.29, 0.717) is 6.04 Å². The lowest BCUT2D eigenvalue weighted by atomic mass is 9.95. The summed E-state index contributed by atoms with van der Waals surface area (Å²) in [6, 6.07) is 0.571. The van der Waals surface area contributed by atoms with Crippen LogP contribution in [0.5, 0.6) is 0 Å². The lowest BCUT2D eigenvalue weighted by Gasteiger charge is -2.33. The molecule has 0 aliphatic carbocycles. The van der Waals surface area contributed by atoms with E-state index in [9.17, 15) is 0 Å². The van der Waals surface area contributed by atoms with Crippen molar-refractivity contribution in [3.63, 3.8) is 0 Å². The first-order chi connectivity index (χ1) is 7.79. The fourth-order valence-electron chi connectivity index (χ4n) is 2.16. The maximum atomic E-state index is 3.73. The zero-order chi connectivity index (χ0) is 11.8. The first-order valence-electron chi connectivity index (χ1n) is 6.11. The van der Waals surface area contributed by atoms with Gasteiger partial charge in [0.15, 0.2) is 0 Å². The number of nitrogens with zero attached hydrogens (tertiary/aromatic N) is 1. The molecule has 1 nitrogen and oxygen atoms in total. The summed E-state index contributed by atoms with van der Waals surface area (Å²) in [4.78, 5) is 2.45. The topological polar surface area (TPSA) is 3.24 Å². The van der Waals surface area contributed by atoms with Crippen LogP contribution < -0.4 is 0 Å². The molecule has 1 saturated heterocycles. The third-order valence-electron chi connectivity index (χ3n) is 3.06. The van der Waals surface area contributed by atoms with Crippen molar-refractivity contribution in [1.29, 1.82) is 0 Å². The van der Waals surface area contributed by atoms with Crippen LogP contribution in [0.2, 0.25) is 0 Å². The summed E-state index contributed by atoms with van der Waals surface area (Å²) in [5.74, 6) is 0. The smallest absolute Gasteiger partial charge is 0.0345 e. The molecule has 1 aliphatic heterocycles. The lowest BCUT2D eigenvalue weighted by Crippen LogP contribution is -2.37. The second kappa shape index (κ2) is 7.24. The van der Waals surface area contributed by atoms with E-state index in [2.05, 4.69) is 49.8 Å². The molecule has 1 heterocycles. The number of allylic oxidation sites excluding steroid dienone is 5. The summed E-state index contributed by atoms with van der Waals surface area (Å²) >= 11 is 0. The molecule has 0 aromatic heterocycles. The summed E-state index contributed by atoms with van der Waals surface area (Å²) in [6.45, 7) is 6.99. The average molecular weight is 217 g/mol. The minimum atomic E-state index is 0.571. The van der Waals surface area contributed by atoms with Gasteiger partial charge in [0.1, 0.15) is 0 Å². The van der Waals surface area contributed by atoms with Crippen LogP contribution in [-0.4, -0.2) is 24.5 Å². The van der Waals surface area contributed by atoms with Crippen molar-refractivity contribution in [3.05, 3.63) is 48.6 Å².